The minimum atomic E-state index is 0.0467. The van der Waals surface area contributed by atoms with Crippen molar-refractivity contribution in [2.45, 2.75) is 31.3 Å². The van der Waals surface area contributed by atoms with Crippen molar-refractivity contribution in [2.75, 3.05) is 56.2 Å². The monoisotopic (exact) mass is 487 g/mol. The number of likely N-dealkylation sites (tertiary alicyclic amines) is 1. The molecule has 2 saturated heterocycles. The molecule has 3 N–H and O–H groups in total. The van der Waals surface area contributed by atoms with Crippen molar-refractivity contribution in [1.82, 2.24) is 19.8 Å². The summed E-state index contributed by atoms with van der Waals surface area (Å²) in [7, 11) is 4.27. The van der Waals surface area contributed by atoms with Crippen LogP contribution >= 0.6 is 15.9 Å². The van der Waals surface area contributed by atoms with E-state index >= 15 is 0 Å². The van der Waals surface area contributed by atoms with Gasteiger partial charge < -0.3 is 25.8 Å². The Labute approximate surface area is 191 Å². The van der Waals surface area contributed by atoms with Crippen LogP contribution in [-0.4, -0.2) is 78.0 Å². The van der Waals surface area contributed by atoms with Crippen molar-refractivity contribution in [3.63, 3.8) is 0 Å². The Morgan fingerprint density at radius 2 is 1.87 bits per heavy atom. The molecule has 4 rings (SSSR count). The molecule has 0 unspecified atom stereocenters. The van der Waals surface area contributed by atoms with Crippen molar-refractivity contribution < 1.29 is 4.79 Å². The second-order valence-electron chi connectivity index (χ2n) is 8.56. The molecule has 1 amide bonds. The highest BCUT2D eigenvalue weighted by atomic mass is 79.9. The number of carbonyl (C=O) groups excluding carboxylic acids is 1. The fourth-order valence-electron chi connectivity index (χ4n) is 4.39. The summed E-state index contributed by atoms with van der Waals surface area (Å²) in [5.41, 5.74) is 8.68. The third-order valence-corrected chi connectivity index (χ3v) is 6.65. The van der Waals surface area contributed by atoms with E-state index in [9.17, 15) is 4.79 Å². The van der Waals surface area contributed by atoms with Crippen LogP contribution in [0, 0.1) is 0 Å². The zero-order chi connectivity index (χ0) is 22.0. The van der Waals surface area contributed by atoms with Crippen LogP contribution in [0.2, 0.25) is 0 Å². The van der Waals surface area contributed by atoms with Gasteiger partial charge in [-0.1, -0.05) is 0 Å². The molecule has 0 bridgehead atoms. The molecular weight excluding hydrogens is 458 g/mol. The molecule has 0 saturated carbocycles. The van der Waals surface area contributed by atoms with Gasteiger partial charge in [0.2, 0.25) is 5.95 Å². The first kappa shape index (κ1) is 21.8. The lowest BCUT2D eigenvalue weighted by atomic mass is 10.0. The maximum absolute atomic E-state index is 13.2. The normalized spacial score (nSPS) is 19.8. The van der Waals surface area contributed by atoms with Crippen LogP contribution in [0.3, 0.4) is 0 Å². The number of nitrogens with zero attached hydrogens (tertiary/aromatic N) is 5. The summed E-state index contributed by atoms with van der Waals surface area (Å²) < 4.78 is 0.839. The number of benzene rings is 1. The number of rotatable bonds is 5. The summed E-state index contributed by atoms with van der Waals surface area (Å²) in [4.78, 5) is 28.2. The van der Waals surface area contributed by atoms with E-state index in [1.165, 1.54) is 0 Å². The molecule has 1 aromatic heterocycles. The fourth-order valence-corrected chi connectivity index (χ4v) is 4.59. The topological polar surface area (TPSA) is 90.6 Å². The predicted octanol–water partition coefficient (Wildman–Crippen LogP) is 2.68. The van der Waals surface area contributed by atoms with Crippen molar-refractivity contribution >= 4 is 39.2 Å². The van der Waals surface area contributed by atoms with E-state index in [-0.39, 0.29) is 11.9 Å². The highest BCUT2D eigenvalue weighted by molar-refractivity contribution is 9.10. The standard InChI is InChI=1S/C22H30BrN7O/c1-28(2)18-6-9-29(10-7-18)20-11-15(3-4-19(20)24)21(31)30-8-5-17(14-30)27-22-25-12-16(23)13-26-22/h3-4,11-13,17-18H,5-10,14,24H2,1-2H3,(H,25,26,27)/t17-/m1/s1. The Balaban J connectivity index is 1.40. The first-order chi connectivity index (χ1) is 14.9. The van der Waals surface area contributed by atoms with E-state index in [1.807, 2.05) is 23.1 Å². The zero-order valence-electron chi connectivity index (χ0n) is 18.1. The lowest BCUT2D eigenvalue weighted by molar-refractivity contribution is 0.0791. The van der Waals surface area contributed by atoms with Crippen LogP contribution in [0.4, 0.5) is 17.3 Å². The van der Waals surface area contributed by atoms with Gasteiger partial charge in [0.15, 0.2) is 0 Å². The molecule has 2 aliphatic rings. The van der Waals surface area contributed by atoms with E-state index in [4.69, 9.17) is 5.73 Å². The molecule has 2 fully saturated rings. The highest BCUT2D eigenvalue weighted by Gasteiger charge is 2.28. The van der Waals surface area contributed by atoms with Crippen LogP contribution < -0.4 is 16.0 Å². The smallest absolute Gasteiger partial charge is 0.254 e. The van der Waals surface area contributed by atoms with Gasteiger partial charge in [0.1, 0.15) is 0 Å². The van der Waals surface area contributed by atoms with Crippen molar-refractivity contribution in [3.05, 3.63) is 40.6 Å². The summed E-state index contributed by atoms with van der Waals surface area (Å²) in [5, 5.41) is 3.32. The molecule has 2 aliphatic heterocycles. The molecule has 9 heteroatoms. The van der Waals surface area contributed by atoms with E-state index in [2.05, 4.69) is 55.1 Å². The quantitative estimate of drug-likeness (QED) is 0.626. The Bertz CT molecular complexity index is 913. The van der Waals surface area contributed by atoms with Crippen LogP contribution in [0.1, 0.15) is 29.6 Å². The van der Waals surface area contributed by atoms with E-state index in [1.54, 1.807) is 12.4 Å². The second kappa shape index (κ2) is 9.40. The molecule has 1 aromatic carbocycles. The molecule has 8 nitrogen and oxygen atoms in total. The molecule has 166 valence electrons. The first-order valence-corrected chi connectivity index (χ1v) is 11.5. The van der Waals surface area contributed by atoms with E-state index in [0.29, 0.717) is 30.6 Å². The van der Waals surface area contributed by atoms with Gasteiger partial charge in [-0.2, -0.15) is 0 Å². The van der Waals surface area contributed by atoms with Crippen molar-refractivity contribution in [1.29, 1.82) is 0 Å². The maximum atomic E-state index is 13.2. The Morgan fingerprint density at radius 3 is 2.55 bits per heavy atom. The van der Waals surface area contributed by atoms with E-state index in [0.717, 1.165) is 48.2 Å². The first-order valence-electron chi connectivity index (χ1n) is 10.7. The zero-order valence-corrected chi connectivity index (χ0v) is 19.7. The van der Waals surface area contributed by atoms with Crippen LogP contribution in [-0.2, 0) is 0 Å². The van der Waals surface area contributed by atoms with Gasteiger partial charge in [0.05, 0.1) is 15.8 Å². The number of nitrogens with one attached hydrogen (secondary N) is 1. The van der Waals surface area contributed by atoms with Gasteiger partial charge in [-0.25, -0.2) is 9.97 Å². The Kier molecular flexibility index (Phi) is 6.62. The molecule has 0 spiro atoms. The van der Waals surface area contributed by atoms with Gasteiger partial charge in [-0.3, -0.25) is 4.79 Å². The lowest BCUT2D eigenvalue weighted by Gasteiger charge is -2.37. The van der Waals surface area contributed by atoms with Crippen LogP contribution in [0.5, 0.6) is 0 Å². The number of piperidine rings is 1. The fraction of sp³-hybridized carbons (Fsp3) is 0.500. The number of halogens is 1. The molecule has 3 heterocycles. The SMILES string of the molecule is CN(C)C1CCN(c2cc(C(=O)N3CC[C@@H](Nc4ncc(Br)cn4)C3)ccc2N)CC1. The summed E-state index contributed by atoms with van der Waals surface area (Å²) in [6, 6.07) is 6.41. The third-order valence-electron chi connectivity index (χ3n) is 6.24. The number of aromatic nitrogens is 2. The minimum absolute atomic E-state index is 0.0467. The molecule has 1 atom stereocenters. The number of amides is 1. The van der Waals surface area contributed by atoms with Gasteiger partial charge >= 0.3 is 0 Å². The Morgan fingerprint density at radius 1 is 1.16 bits per heavy atom. The second-order valence-corrected chi connectivity index (χ2v) is 9.48. The number of hydrogen-bond acceptors (Lipinski definition) is 7. The average Bonchev–Trinajstić information content (AvgIpc) is 3.24. The van der Waals surface area contributed by atoms with Crippen molar-refractivity contribution in [2.24, 2.45) is 0 Å². The summed E-state index contributed by atoms with van der Waals surface area (Å²) in [6.07, 6.45) is 6.49. The largest absolute Gasteiger partial charge is 0.397 e. The molecule has 0 aliphatic carbocycles. The third kappa shape index (κ3) is 5.10. The Hall–Kier alpha value is -2.39. The van der Waals surface area contributed by atoms with Gasteiger partial charge in [0, 0.05) is 56.2 Å². The van der Waals surface area contributed by atoms with Crippen LogP contribution in [0.25, 0.3) is 0 Å². The molecular formula is C22H30BrN7O. The number of carbonyl (C=O) groups is 1. The van der Waals surface area contributed by atoms with Crippen LogP contribution in [0.15, 0.2) is 35.1 Å². The summed E-state index contributed by atoms with van der Waals surface area (Å²) in [6.45, 7) is 3.24. The minimum Gasteiger partial charge on any atom is -0.397 e. The molecule has 0 radical (unpaired) electrons. The summed E-state index contributed by atoms with van der Waals surface area (Å²) >= 11 is 3.34. The number of anilines is 3. The molecule has 31 heavy (non-hydrogen) atoms. The van der Waals surface area contributed by atoms with Gasteiger partial charge in [-0.15, -0.1) is 0 Å². The van der Waals surface area contributed by atoms with E-state index < -0.39 is 0 Å². The number of hydrogen-bond donors (Lipinski definition) is 2. The average molecular weight is 488 g/mol. The van der Waals surface area contributed by atoms with Gasteiger partial charge in [-0.05, 0) is 67.5 Å². The maximum Gasteiger partial charge on any atom is 0.254 e. The highest BCUT2D eigenvalue weighted by Crippen LogP contribution is 2.29. The predicted molar refractivity (Wildman–Crippen MR) is 127 cm³/mol. The number of nitrogens with two attached hydrogens (primary N) is 1. The summed E-state index contributed by atoms with van der Waals surface area (Å²) in [5.74, 6) is 0.629. The lowest BCUT2D eigenvalue weighted by Crippen LogP contribution is -2.42. The van der Waals surface area contributed by atoms with Gasteiger partial charge in [0.25, 0.3) is 5.91 Å². The number of nitrogen functional groups attached to an aromatic ring is 1. The van der Waals surface area contributed by atoms with Crippen molar-refractivity contribution in [3.8, 4) is 0 Å². The molecule has 2 aromatic rings.